The minimum Gasteiger partial charge on any atom is -0.486 e. The molecule has 0 fully saturated rings. The monoisotopic (exact) mass is 394 g/mol. The fourth-order valence-corrected chi connectivity index (χ4v) is 2.26. The van der Waals surface area contributed by atoms with Crippen LogP contribution in [0.1, 0.15) is 36.7 Å². The molecule has 0 aromatic heterocycles. The number of ether oxygens (including phenoxy) is 2. The quantitative estimate of drug-likeness (QED) is 0.572. The fourth-order valence-electron chi connectivity index (χ4n) is 2.26. The van der Waals surface area contributed by atoms with E-state index in [1.54, 1.807) is 12.1 Å². The SMILES string of the molecule is CC(C)(C)c1ccc(OCC(=N)NC(=O)c2ccc(OC(F)(F)F)cc2)cc1. The Morgan fingerprint density at radius 3 is 2.00 bits per heavy atom. The zero-order chi connectivity index (χ0) is 20.9. The van der Waals surface area contributed by atoms with E-state index in [1.165, 1.54) is 12.1 Å². The van der Waals surface area contributed by atoms with Gasteiger partial charge in [0.15, 0.2) is 0 Å². The second-order valence-electron chi connectivity index (χ2n) is 7.07. The van der Waals surface area contributed by atoms with Gasteiger partial charge in [-0.2, -0.15) is 0 Å². The summed E-state index contributed by atoms with van der Waals surface area (Å²) in [6.07, 6.45) is -4.80. The van der Waals surface area contributed by atoms with Crippen molar-refractivity contribution in [2.75, 3.05) is 6.61 Å². The van der Waals surface area contributed by atoms with Crippen LogP contribution in [-0.2, 0) is 5.41 Å². The van der Waals surface area contributed by atoms with Crippen molar-refractivity contribution in [1.82, 2.24) is 5.32 Å². The van der Waals surface area contributed by atoms with Crippen LogP contribution >= 0.6 is 0 Å². The first kappa shape index (κ1) is 21.3. The van der Waals surface area contributed by atoms with Crippen LogP contribution < -0.4 is 14.8 Å². The third-order valence-electron chi connectivity index (χ3n) is 3.72. The zero-order valence-corrected chi connectivity index (χ0v) is 15.7. The summed E-state index contributed by atoms with van der Waals surface area (Å²) in [4.78, 5) is 12.0. The van der Waals surface area contributed by atoms with Crippen LogP contribution in [0.25, 0.3) is 0 Å². The standard InChI is InChI=1S/C20H21F3N2O3/c1-19(2,3)14-6-10-15(11-7-14)27-12-17(24)25-18(26)13-4-8-16(9-5-13)28-20(21,22)23/h4-11H,12H2,1-3H3,(H2,24,25,26). The molecule has 2 aromatic carbocycles. The van der Waals surface area contributed by atoms with Gasteiger partial charge >= 0.3 is 6.36 Å². The van der Waals surface area contributed by atoms with Crippen molar-refractivity contribution < 1.29 is 27.4 Å². The maximum Gasteiger partial charge on any atom is 0.573 e. The second-order valence-corrected chi connectivity index (χ2v) is 7.07. The summed E-state index contributed by atoms with van der Waals surface area (Å²) < 4.78 is 45.6. The summed E-state index contributed by atoms with van der Waals surface area (Å²) in [5.74, 6) is -0.683. The number of halogens is 3. The number of nitrogens with one attached hydrogen (secondary N) is 2. The van der Waals surface area contributed by atoms with Gasteiger partial charge in [0.25, 0.3) is 5.91 Å². The van der Waals surface area contributed by atoms with E-state index in [4.69, 9.17) is 10.1 Å². The van der Waals surface area contributed by atoms with E-state index < -0.39 is 18.0 Å². The van der Waals surface area contributed by atoms with Gasteiger partial charge in [-0.15, -0.1) is 13.2 Å². The third kappa shape index (κ3) is 6.61. The lowest BCUT2D eigenvalue weighted by Crippen LogP contribution is -2.33. The number of carbonyl (C=O) groups is 1. The number of benzene rings is 2. The van der Waals surface area contributed by atoms with Gasteiger partial charge in [0.05, 0.1) is 0 Å². The maximum absolute atomic E-state index is 12.1. The molecule has 2 aromatic rings. The molecule has 5 nitrogen and oxygen atoms in total. The van der Waals surface area contributed by atoms with Crippen LogP contribution in [-0.4, -0.2) is 24.7 Å². The predicted octanol–water partition coefficient (Wildman–Crippen LogP) is 4.67. The Kier molecular flexibility index (Phi) is 6.33. The van der Waals surface area contributed by atoms with Crippen molar-refractivity contribution in [3.8, 4) is 11.5 Å². The summed E-state index contributed by atoms with van der Waals surface area (Å²) in [7, 11) is 0. The number of rotatable bonds is 5. The van der Waals surface area contributed by atoms with Crippen LogP contribution in [0.5, 0.6) is 11.5 Å². The Hall–Kier alpha value is -3.03. The lowest BCUT2D eigenvalue weighted by molar-refractivity contribution is -0.274. The highest BCUT2D eigenvalue weighted by Crippen LogP contribution is 2.24. The molecule has 150 valence electrons. The molecule has 0 bridgehead atoms. The van der Waals surface area contributed by atoms with Crippen LogP contribution in [0.2, 0.25) is 0 Å². The van der Waals surface area contributed by atoms with E-state index in [-0.39, 0.29) is 23.4 Å². The smallest absolute Gasteiger partial charge is 0.486 e. The molecule has 0 saturated carbocycles. The number of amidine groups is 1. The van der Waals surface area contributed by atoms with Gasteiger partial charge in [-0.05, 0) is 47.4 Å². The molecule has 1 amide bonds. The number of amides is 1. The Bertz CT molecular complexity index is 824. The summed E-state index contributed by atoms with van der Waals surface area (Å²) in [5, 5.41) is 10.1. The molecular formula is C20H21F3N2O3. The Morgan fingerprint density at radius 2 is 1.50 bits per heavy atom. The van der Waals surface area contributed by atoms with Gasteiger partial charge in [0.2, 0.25) is 0 Å². The summed E-state index contributed by atoms with van der Waals surface area (Å²) in [5.41, 5.74) is 1.25. The Labute approximate surface area is 161 Å². The van der Waals surface area contributed by atoms with Crippen LogP contribution in [0.4, 0.5) is 13.2 Å². The summed E-state index contributed by atoms with van der Waals surface area (Å²) >= 11 is 0. The number of carbonyl (C=O) groups excluding carboxylic acids is 1. The van der Waals surface area contributed by atoms with Crippen molar-refractivity contribution in [3.05, 3.63) is 59.7 Å². The predicted molar refractivity (Wildman–Crippen MR) is 99.0 cm³/mol. The molecule has 2 N–H and O–H groups in total. The first-order valence-electron chi connectivity index (χ1n) is 8.42. The fraction of sp³-hybridized carbons (Fsp3) is 0.300. The van der Waals surface area contributed by atoms with Gasteiger partial charge < -0.3 is 14.8 Å². The second kappa shape index (κ2) is 8.33. The average Bonchev–Trinajstić information content (AvgIpc) is 2.59. The summed E-state index contributed by atoms with van der Waals surface area (Å²) in [6.45, 7) is 6.12. The molecule has 2 rings (SSSR count). The van der Waals surface area contributed by atoms with E-state index in [1.807, 2.05) is 12.1 Å². The molecule has 0 aliphatic carbocycles. The maximum atomic E-state index is 12.1. The van der Waals surface area contributed by atoms with Crippen molar-refractivity contribution in [2.24, 2.45) is 0 Å². The molecule has 0 atom stereocenters. The molecule has 0 spiro atoms. The molecule has 0 heterocycles. The molecular weight excluding hydrogens is 373 g/mol. The zero-order valence-electron chi connectivity index (χ0n) is 15.7. The minimum atomic E-state index is -4.80. The van der Waals surface area contributed by atoms with Crippen LogP contribution in [0.15, 0.2) is 48.5 Å². The molecule has 0 aliphatic heterocycles. The van der Waals surface area contributed by atoms with E-state index in [2.05, 4.69) is 30.8 Å². The number of hydrogen-bond acceptors (Lipinski definition) is 4. The topological polar surface area (TPSA) is 71.4 Å². The Morgan fingerprint density at radius 1 is 0.964 bits per heavy atom. The van der Waals surface area contributed by atoms with Crippen molar-refractivity contribution in [2.45, 2.75) is 32.5 Å². The van der Waals surface area contributed by atoms with Crippen molar-refractivity contribution in [1.29, 1.82) is 5.41 Å². The highest BCUT2D eigenvalue weighted by Gasteiger charge is 2.31. The highest BCUT2D eigenvalue weighted by atomic mass is 19.4. The highest BCUT2D eigenvalue weighted by molar-refractivity contribution is 6.05. The van der Waals surface area contributed by atoms with Gasteiger partial charge in [-0.1, -0.05) is 32.9 Å². The van der Waals surface area contributed by atoms with E-state index in [0.717, 1.165) is 17.7 Å². The average molecular weight is 394 g/mol. The summed E-state index contributed by atoms with van der Waals surface area (Å²) in [6, 6.07) is 11.8. The molecule has 0 aliphatic rings. The lowest BCUT2D eigenvalue weighted by Gasteiger charge is -2.19. The van der Waals surface area contributed by atoms with Crippen LogP contribution in [0.3, 0.4) is 0 Å². The molecule has 0 unspecified atom stereocenters. The minimum absolute atomic E-state index is 0.0138. The van der Waals surface area contributed by atoms with E-state index in [0.29, 0.717) is 5.75 Å². The first-order chi connectivity index (χ1) is 12.9. The lowest BCUT2D eigenvalue weighted by atomic mass is 9.87. The molecule has 0 radical (unpaired) electrons. The van der Waals surface area contributed by atoms with Crippen molar-refractivity contribution >= 4 is 11.7 Å². The molecule has 28 heavy (non-hydrogen) atoms. The van der Waals surface area contributed by atoms with Gasteiger partial charge in [0.1, 0.15) is 23.9 Å². The third-order valence-corrected chi connectivity index (χ3v) is 3.72. The van der Waals surface area contributed by atoms with Crippen LogP contribution in [0, 0.1) is 5.41 Å². The van der Waals surface area contributed by atoms with Gasteiger partial charge in [-0.3, -0.25) is 10.2 Å². The number of hydrogen-bond donors (Lipinski definition) is 2. The van der Waals surface area contributed by atoms with Crippen molar-refractivity contribution in [3.63, 3.8) is 0 Å². The first-order valence-corrected chi connectivity index (χ1v) is 8.42. The normalized spacial score (nSPS) is 11.6. The van der Waals surface area contributed by atoms with Gasteiger partial charge in [0, 0.05) is 5.56 Å². The molecule has 0 saturated heterocycles. The Balaban J connectivity index is 1.86. The van der Waals surface area contributed by atoms with Gasteiger partial charge in [-0.25, -0.2) is 0 Å². The molecule has 8 heteroatoms. The van der Waals surface area contributed by atoms with E-state index >= 15 is 0 Å². The number of alkyl halides is 3. The largest absolute Gasteiger partial charge is 0.573 e. The van der Waals surface area contributed by atoms with E-state index in [9.17, 15) is 18.0 Å².